The maximum atomic E-state index is 12.4. The van der Waals surface area contributed by atoms with Gasteiger partial charge in [-0.1, -0.05) is 24.3 Å². The molecule has 1 N–H and O–H groups in total. The van der Waals surface area contributed by atoms with Gasteiger partial charge in [-0.2, -0.15) is 5.10 Å². The Morgan fingerprint density at radius 3 is 2.61 bits per heavy atom. The van der Waals surface area contributed by atoms with E-state index in [1.807, 2.05) is 67.1 Å². The van der Waals surface area contributed by atoms with E-state index in [9.17, 15) is 4.79 Å². The van der Waals surface area contributed by atoms with Crippen LogP contribution >= 0.6 is 0 Å². The highest BCUT2D eigenvalue weighted by Crippen LogP contribution is 2.30. The van der Waals surface area contributed by atoms with Crippen molar-refractivity contribution in [1.82, 2.24) is 15.1 Å². The molecule has 1 amide bonds. The van der Waals surface area contributed by atoms with Crippen LogP contribution < -0.4 is 14.8 Å². The first-order chi connectivity index (χ1) is 13.6. The Kier molecular flexibility index (Phi) is 5.02. The quantitative estimate of drug-likeness (QED) is 0.742. The van der Waals surface area contributed by atoms with Crippen molar-refractivity contribution >= 4 is 5.91 Å². The summed E-state index contributed by atoms with van der Waals surface area (Å²) in [6.07, 6.45) is -0.204. The lowest BCUT2D eigenvalue weighted by Gasteiger charge is -2.26. The molecular formula is C22H23N3O3. The summed E-state index contributed by atoms with van der Waals surface area (Å²) in [5.74, 6) is 1.32. The minimum Gasteiger partial charge on any atom is -0.486 e. The third-order valence-electron chi connectivity index (χ3n) is 4.71. The van der Waals surface area contributed by atoms with Crippen LogP contribution in [-0.2, 0) is 6.54 Å². The summed E-state index contributed by atoms with van der Waals surface area (Å²) in [5.41, 5.74) is 3.85. The molecule has 3 aromatic rings. The Morgan fingerprint density at radius 1 is 1.14 bits per heavy atom. The normalized spacial score (nSPS) is 15.3. The Labute approximate surface area is 164 Å². The Hall–Kier alpha value is -3.28. The molecular weight excluding hydrogens is 354 g/mol. The van der Waals surface area contributed by atoms with Gasteiger partial charge in [0.2, 0.25) is 0 Å². The van der Waals surface area contributed by atoms with E-state index in [4.69, 9.17) is 9.47 Å². The fourth-order valence-electron chi connectivity index (χ4n) is 3.24. The number of hydrogen-bond donors (Lipinski definition) is 1. The van der Waals surface area contributed by atoms with Gasteiger partial charge < -0.3 is 14.8 Å². The van der Waals surface area contributed by atoms with Gasteiger partial charge in [-0.25, -0.2) is 0 Å². The van der Waals surface area contributed by atoms with Crippen LogP contribution in [0.15, 0.2) is 54.6 Å². The Balaban J connectivity index is 1.32. The predicted octanol–water partition coefficient (Wildman–Crippen LogP) is 3.12. The zero-order valence-electron chi connectivity index (χ0n) is 16.0. The lowest BCUT2D eigenvalue weighted by atomic mass is 10.1. The average molecular weight is 377 g/mol. The number of hydrogen-bond acceptors (Lipinski definition) is 4. The highest BCUT2D eigenvalue weighted by molar-refractivity contribution is 5.94. The van der Waals surface area contributed by atoms with Gasteiger partial charge in [-0.05, 0) is 49.7 Å². The first kappa shape index (κ1) is 18.1. The molecule has 0 aliphatic carbocycles. The summed E-state index contributed by atoms with van der Waals surface area (Å²) in [4.78, 5) is 12.4. The molecule has 2 heterocycles. The van der Waals surface area contributed by atoms with Crippen molar-refractivity contribution in [3.63, 3.8) is 0 Å². The molecule has 6 heteroatoms. The smallest absolute Gasteiger partial charge is 0.251 e. The molecule has 0 radical (unpaired) electrons. The van der Waals surface area contributed by atoms with E-state index in [-0.39, 0.29) is 12.0 Å². The second-order valence-corrected chi connectivity index (χ2v) is 6.99. The number of amides is 1. The second-order valence-electron chi connectivity index (χ2n) is 6.99. The molecule has 28 heavy (non-hydrogen) atoms. The van der Waals surface area contributed by atoms with Crippen molar-refractivity contribution in [2.75, 3.05) is 13.2 Å². The fraction of sp³-hybridized carbons (Fsp3) is 0.273. The van der Waals surface area contributed by atoms with E-state index in [1.54, 1.807) is 0 Å². The van der Waals surface area contributed by atoms with Crippen LogP contribution in [0.1, 0.15) is 27.3 Å². The summed E-state index contributed by atoms with van der Waals surface area (Å²) in [5, 5.41) is 7.39. The number of benzene rings is 2. The molecule has 1 aliphatic rings. The van der Waals surface area contributed by atoms with E-state index < -0.39 is 0 Å². The molecule has 1 atom stereocenters. The summed E-state index contributed by atoms with van der Waals surface area (Å²) in [6.45, 7) is 5.52. The predicted molar refractivity (Wildman–Crippen MR) is 106 cm³/mol. The minimum atomic E-state index is -0.204. The van der Waals surface area contributed by atoms with Gasteiger partial charge in [0.05, 0.1) is 18.8 Å². The SMILES string of the molecule is Cc1cc(C)n(Cc2ccc(C(=O)NCC3COc4ccccc4O3)cc2)n1. The molecule has 1 aromatic heterocycles. The number of ether oxygens (including phenoxy) is 2. The van der Waals surface area contributed by atoms with Crippen molar-refractivity contribution < 1.29 is 14.3 Å². The van der Waals surface area contributed by atoms with Crippen LogP contribution in [-0.4, -0.2) is 34.9 Å². The number of aromatic nitrogens is 2. The molecule has 1 unspecified atom stereocenters. The molecule has 0 bridgehead atoms. The highest BCUT2D eigenvalue weighted by Gasteiger charge is 2.21. The third kappa shape index (κ3) is 4.01. The maximum absolute atomic E-state index is 12.4. The molecule has 0 saturated heterocycles. The lowest BCUT2D eigenvalue weighted by Crippen LogP contribution is -2.40. The largest absolute Gasteiger partial charge is 0.486 e. The molecule has 6 nitrogen and oxygen atoms in total. The van der Waals surface area contributed by atoms with Gasteiger partial charge in [0.15, 0.2) is 11.5 Å². The van der Waals surface area contributed by atoms with Crippen molar-refractivity contribution in [3.8, 4) is 11.5 Å². The van der Waals surface area contributed by atoms with Gasteiger partial charge in [-0.3, -0.25) is 9.48 Å². The van der Waals surface area contributed by atoms with Gasteiger partial charge in [0.1, 0.15) is 12.7 Å². The zero-order chi connectivity index (χ0) is 19.5. The maximum Gasteiger partial charge on any atom is 0.251 e. The van der Waals surface area contributed by atoms with Crippen LogP contribution in [0.4, 0.5) is 0 Å². The van der Waals surface area contributed by atoms with Crippen molar-refractivity contribution in [2.24, 2.45) is 0 Å². The number of nitrogens with one attached hydrogen (secondary N) is 1. The molecule has 2 aromatic carbocycles. The number of nitrogens with zero attached hydrogens (tertiary/aromatic N) is 2. The van der Waals surface area contributed by atoms with Crippen LogP contribution in [0.5, 0.6) is 11.5 Å². The lowest BCUT2D eigenvalue weighted by molar-refractivity contribution is 0.0789. The number of fused-ring (bicyclic) bond motifs is 1. The van der Waals surface area contributed by atoms with Crippen molar-refractivity contribution in [1.29, 1.82) is 0 Å². The summed E-state index contributed by atoms with van der Waals surface area (Å²) >= 11 is 0. The molecule has 144 valence electrons. The van der Waals surface area contributed by atoms with E-state index in [0.717, 1.165) is 22.7 Å². The molecule has 0 spiro atoms. The van der Waals surface area contributed by atoms with E-state index in [1.165, 1.54) is 0 Å². The van der Waals surface area contributed by atoms with E-state index >= 15 is 0 Å². The van der Waals surface area contributed by atoms with Gasteiger partial charge in [0, 0.05) is 11.3 Å². The van der Waals surface area contributed by atoms with Gasteiger partial charge in [0.25, 0.3) is 5.91 Å². The standard InChI is InChI=1S/C22H23N3O3/c1-15-11-16(2)25(24-15)13-17-7-9-18(10-8-17)22(26)23-12-19-14-27-20-5-3-4-6-21(20)28-19/h3-11,19H,12-14H2,1-2H3,(H,23,26). The van der Waals surface area contributed by atoms with E-state index in [0.29, 0.717) is 31.0 Å². The molecule has 4 rings (SSSR count). The number of aryl methyl sites for hydroxylation is 2. The number of carbonyl (C=O) groups is 1. The summed E-state index contributed by atoms with van der Waals surface area (Å²) in [7, 11) is 0. The summed E-state index contributed by atoms with van der Waals surface area (Å²) in [6, 6.07) is 17.2. The van der Waals surface area contributed by atoms with Crippen LogP contribution in [0.3, 0.4) is 0 Å². The van der Waals surface area contributed by atoms with Gasteiger partial charge in [-0.15, -0.1) is 0 Å². The monoisotopic (exact) mass is 377 g/mol. The summed E-state index contributed by atoms with van der Waals surface area (Å²) < 4.78 is 13.5. The van der Waals surface area contributed by atoms with Gasteiger partial charge >= 0.3 is 0 Å². The first-order valence-electron chi connectivity index (χ1n) is 9.35. The minimum absolute atomic E-state index is 0.125. The highest BCUT2D eigenvalue weighted by atomic mass is 16.6. The number of para-hydroxylation sites is 2. The Bertz CT molecular complexity index is 979. The fourth-order valence-corrected chi connectivity index (χ4v) is 3.24. The molecule has 1 aliphatic heterocycles. The second kappa shape index (κ2) is 7.76. The molecule has 0 saturated carbocycles. The average Bonchev–Trinajstić information content (AvgIpc) is 3.03. The van der Waals surface area contributed by atoms with E-state index in [2.05, 4.69) is 16.5 Å². The third-order valence-corrected chi connectivity index (χ3v) is 4.71. The number of rotatable bonds is 5. The van der Waals surface area contributed by atoms with Crippen LogP contribution in [0.25, 0.3) is 0 Å². The topological polar surface area (TPSA) is 65.4 Å². The first-order valence-corrected chi connectivity index (χ1v) is 9.35. The van der Waals surface area contributed by atoms with Crippen molar-refractivity contribution in [3.05, 3.63) is 77.1 Å². The molecule has 0 fully saturated rings. The van der Waals surface area contributed by atoms with Crippen molar-refractivity contribution in [2.45, 2.75) is 26.5 Å². The number of carbonyl (C=O) groups excluding carboxylic acids is 1. The van der Waals surface area contributed by atoms with Crippen LogP contribution in [0, 0.1) is 13.8 Å². The zero-order valence-corrected chi connectivity index (χ0v) is 16.0. The Morgan fingerprint density at radius 2 is 1.89 bits per heavy atom. The van der Waals surface area contributed by atoms with Crippen LogP contribution in [0.2, 0.25) is 0 Å².